The van der Waals surface area contributed by atoms with Gasteiger partial charge in [0.25, 0.3) is 11.5 Å². The number of aromatic nitrogens is 2. The lowest BCUT2D eigenvalue weighted by molar-refractivity contribution is 0.0949. The summed E-state index contributed by atoms with van der Waals surface area (Å²) in [6.07, 6.45) is 1.40. The molecule has 0 atom stereocenters. The van der Waals surface area contributed by atoms with Crippen molar-refractivity contribution < 1.29 is 13.9 Å². The SMILES string of the molecule is COc1ccc(Cl)cc1C(=O)NCCn1cnc(-c2ccc(F)cc2)cc1=O. The fourth-order valence-corrected chi connectivity index (χ4v) is 2.79. The topological polar surface area (TPSA) is 73.2 Å². The molecule has 1 aromatic heterocycles. The predicted molar refractivity (Wildman–Crippen MR) is 104 cm³/mol. The number of carbonyl (C=O) groups is 1. The minimum atomic E-state index is -0.358. The van der Waals surface area contributed by atoms with Crippen LogP contribution in [0.4, 0.5) is 4.39 Å². The van der Waals surface area contributed by atoms with E-state index in [1.807, 2.05) is 0 Å². The molecule has 0 fully saturated rings. The lowest BCUT2D eigenvalue weighted by Crippen LogP contribution is -2.31. The number of hydrogen-bond acceptors (Lipinski definition) is 4. The third kappa shape index (κ3) is 4.55. The van der Waals surface area contributed by atoms with Crippen LogP contribution in [0.25, 0.3) is 11.3 Å². The number of amides is 1. The van der Waals surface area contributed by atoms with Crippen LogP contribution in [0, 0.1) is 5.82 Å². The molecule has 0 aliphatic carbocycles. The maximum Gasteiger partial charge on any atom is 0.255 e. The summed E-state index contributed by atoms with van der Waals surface area (Å²) in [5.74, 6) is -0.308. The van der Waals surface area contributed by atoms with Gasteiger partial charge in [-0.25, -0.2) is 9.37 Å². The van der Waals surface area contributed by atoms with Crippen molar-refractivity contribution in [2.45, 2.75) is 6.54 Å². The number of carbonyl (C=O) groups excluding carboxylic acids is 1. The lowest BCUT2D eigenvalue weighted by Gasteiger charge is -2.11. The van der Waals surface area contributed by atoms with E-state index < -0.39 is 0 Å². The van der Waals surface area contributed by atoms with Gasteiger partial charge in [-0.1, -0.05) is 11.6 Å². The minimum Gasteiger partial charge on any atom is -0.496 e. The normalized spacial score (nSPS) is 10.5. The molecule has 2 aromatic carbocycles. The quantitative estimate of drug-likeness (QED) is 0.688. The lowest BCUT2D eigenvalue weighted by atomic mass is 10.1. The van der Waals surface area contributed by atoms with Crippen LogP contribution in [0.15, 0.2) is 59.7 Å². The second kappa shape index (κ2) is 8.67. The fourth-order valence-electron chi connectivity index (χ4n) is 2.62. The summed E-state index contributed by atoms with van der Waals surface area (Å²) in [6, 6.07) is 11.9. The number of halogens is 2. The molecule has 144 valence electrons. The molecule has 3 aromatic rings. The van der Waals surface area contributed by atoms with Gasteiger partial charge in [0, 0.05) is 29.7 Å². The van der Waals surface area contributed by atoms with Gasteiger partial charge in [-0.2, -0.15) is 0 Å². The first-order chi connectivity index (χ1) is 13.5. The first-order valence-corrected chi connectivity index (χ1v) is 8.80. The third-order valence-electron chi connectivity index (χ3n) is 4.06. The maximum atomic E-state index is 13.0. The number of nitrogens with one attached hydrogen (secondary N) is 1. The van der Waals surface area contributed by atoms with Gasteiger partial charge in [-0.3, -0.25) is 14.2 Å². The molecule has 3 rings (SSSR count). The second-order valence-electron chi connectivity index (χ2n) is 5.91. The summed E-state index contributed by atoms with van der Waals surface area (Å²) in [7, 11) is 1.47. The van der Waals surface area contributed by atoms with Crippen molar-refractivity contribution in [3.63, 3.8) is 0 Å². The predicted octanol–water partition coefficient (Wildman–Crippen LogP) is 3.14. The smallest absolute Gasteiger partial charge is 0.255 e. The van der Waals surface area contributed by atoms with Gasteiger partial charge in [-0.15, -0.1) is 0 Å². The molecule has 0 bridgehead atoms. The Balaban J connectivity index is 1.65. The molecule has 0 saturated heterocycles. The zero-order chi connectivity index (χ0) is 20.1. The molecular weight excluding hydrogens is 385 g/mol. The van der Waals surface area contributed by atoms with Crippen molar-refractivity contribution >= 4 is 17.5 Å². The molecule has 1 amide bonds. The third-order valence-corrected chi connectivity index (χ3v) is 4.30. The zero-order valence-corrected chi connectivity index (χ0v) is 15.7. The van der Waals surface area contributed by atoms with Crippen molar-refractivity contribution in [3.8, 4) is 17.0 Å². The second-order valence-corrected chi connectivity index (χ2v) is 6.35. The van der Waals surface area contributed by atoms with E-state index in [1.165, 1.54) is 42.3 Å². The molecule has 6 nitrogen and oxygen atoms in total. The van der Waals surface area contributed by atoms with Crippen LogP contribution in [0.2, 0.25) is 5.02 Å². The molecule has 1 N–H and O–H groups in total. The summed E-state index contributed by atoms with van der Waals surface area (Å²) >= 11 is 5.93. The highest BCUT2D eigenvalue weighted by atomic mass is 35.5. The molecule has 0 saturated carbocycles. The summed E-state index contributed by atoms with van der Waals surface area (Å²) < 4.78 is 19.5. The van der Waals surface area contributed by atoms with Crippen LogP contribution in [-0.2, 0) is 6.54 Å². The Morgan fingerprint density at radius 2 is 1.96 bits per heavy atom. The summed E-state index contributed by atoms with van der Waals surface area (Å²) in [6.45, 7) is 0.454. The van der Waals surface area contributed by atoms with E-state index in [9.17, 15) is 14.0 Å². The van der Waals surface area contributed by atoms with Crippen LogP contribution in [0.5, 0.6) is 5.75 Å². The summed E-state index contributed by atoms with van der Waals surface area (Å²) in [4.78, 5) is 28.8. The standard InChI is InChI=1S/C20H17ClFN3O3/c1-28-18-7-4-14(21)10-16(18)20(27)23-8-9-25-12-24-17(11-19(25)26)13-2-5-15(22)6-3-13/h2-7,10-12H,8-9H2,1H3,(H,23,27). The minimum absolute atomic E-state index is 0.214. The Labute approximate surface area is 165 Å². The molecule has 0 aliphatic heterocycles. The van der Waals surface area contributed by atoms with Crippen molar-refractivity contribution in [2.75, 3.05) is 13.7 Å². The van der Waals surface area contributed by atoms with Crippen LogP contribution in [-0.4, -0.2) is 29.1 Å². The number of ether oxygens (including phenoxy) is 1. The molecule has 0 radical (unpaired) electrons. The molecule has 8 heteroatoms. The number of rotatable bonds is 6. The first kappa shape index (κ1) is 19.6. The van der Waals surface area contributed by atoms with Crippen molar-refractivity contribution in [2.24, 2.45) is 0 Å². The average molecular weight is 402 g/mol. The van der Waals surface area contributed by atoms with E-state index in [1.54, 1.807) is 24.3 Å². The average Bonchev–Trinajstić information content (AvgIpc) is 2.69. The van der Waals surface area contributed by atoms with Gasteiger partial charge in [0.15, 0.2) is 0 Å². The molecular formula is C20H17ClFN3O3. The summed E-state index contributed by atoms with van der Waals surface area (Å²) in [5.41, 5.74) is 1.14. The van der Waals surface area contributed by atoms with E-state index in [0.29, 0.717) is 27.6 Å². The van der Waals surface area contributed by atoms with Crippen LogP contribution < -0.4 is 15.6 Å². The van der Waals surface area contributed by atoms with Gasteiger partial charge >= 0.3 is 0 Å². The monoisotopic (exact) mass is 401 g/mol. The Morgan fingerprint density at radius 3 is 2.64 bits per heavy atom. The number of nitrogens with zero attached hydrogens (tertiary/aromatic N) is 2. The fraction of sp³-hybridized carbons (Fsp3) is 0.150. The van der Waals surface area contributed by atoms with E-state index in [0.717, 1.165) is 0 Å². The maximum absolute atomic E-state index is 13.0. The molecule has 0 spiro atoms. The van der Waals surface area contributed by atoms with Gasteiger partial charge < -0.3 is 10.1 Å². The Kier molecular flexibility index (Phi) is 6.06. The van der Waals surface area contributed by atoms with Crippen molar-refractivity contribution in [1.29, 1.82) is 0 Å². The number of hydrogen-bond donors (Lipinski definition) is 1. The Hall–Kier alpha value is -3.19. The van der Waals surface area contributed by atoms with Crippen LogP contribution in [0.3, 0.4) is 0 Å². The number of benzene rings is 2. The molecule has 1 heterocycles. The van der Waals surface area contributed by atoms with E-state index in [-0.39, 0.29) is 30.4 Å². The first-order valence-electron chi connectivity index (χ1n) is 8.42. The summed E-state index contributed by atoms with van der Waals surface area (Å²) in [5, 5.41) is 3.14. The van der Waals surface area contributed by atoms with Crippen LogP contribution >= 0.6 is 11.6 Å². The number of methoxy groups -OCH3 is 1. The van der Waals surface area contributed by atoms with Gasteiger partial charge in [0.05, 0.1) is 24.7 Å². The van der Waals surface area contributed by atoms with Crippen molar-refractivity contribution in [3.05, 3.63) is 81.6 Å². The largest absolute Gasteiger partial charge is 0.496 e. The highest BCUT2D eigenvalue weighted by molar-refractivity contribution is 6.31. The molecule has 0 aliphatic rings. The van der Waals surface area contributed by atoms with Crippen LogP contribution in [0.1, 0.15) is 10.4 Å². The van der Waals surface area contributed by atoms with Crippen molar-refractivity contribution in [1.82, 2.24) is 14.9 Å². The van der Waals surface area contributed by atoms with E-state index in [2.05, 4.69) is 10.3 Å². The van der Waals surface area contributed by atoms with Gasteiger partial charge in [-0.05, 0) is 42.5 Å². The van der Waals surface area contributed by atoms with E-state index in [4.69, 9.17) is 16.3 Å². The van der Waals surface area contributed by atoms with E-state index >= 15 is 0 Å². The Bertz CT molecular complexity index is 1050. The molecule has 0 unspecified atom stereocenters. The highest BCUT2D eigenvalue weighted by Crippen LogP contribution is 2.22. The Morgan fingerprint density at radius 1 is 1.21 bits per heavy atom. The van der Waals surface area contributed by atoms with Gasteiger partial charge in [0.2, 0.25) is 0 Å². The zero-order valence-electron chi connectivity index (χ0n) is 15.0. The van der Waals surface area contributed by atoms with Gasteiger partial charge in [0.1, 0.15) is 11.6 Å². The molecule has 28 heavy (non-hydrogen) atoms. The highest BCUT2D eigenvalue weighted by Gasteiger charge is 2.12.